The van der Waals surface area contributed by atoms with Gasteiger partial charge in [-0.25, -0.2) is 0 Å². The van der Waals surface area contributed by atoms with Gasteiger partial charge in [0.2, 0.25) is 0 Å². The molecule has 0 rings (SSSR count). The summed E-state index contributed by atoms with van der Waals surface area (Å²) in [6.07, 6.45) is 79.6. The molecule has 6 heteroatoms. The summed E-state index contributed by atoms with van der Waals surface area (Å²) >= 11 is 0. The maximum atomic E-state index is 12.9. The summed E-state index contributed by atoms with van der Waals surface area (Å²) in [5, 5.41) is 0. The molecule has 0 heterocycles. The van der Waals surface area contributed by atoms with Crippen LogP contribution in [0.1, 0.15) is 406 Å². The second-order valence-corrected chi connectivity index (χ2v) is 24.2. The Morgan fingerprint density at radius 3 is 0.649 bits per heavy atom. The van der Waals surface area contributed by atoms with E-state index in [0.717, 1.165) is 64.2 Å². The van der Waals surface area contributed by atoms with E-state index in [9.17, 15) is 14.4 Å². The van der Waals surface area contributed by atoms with Crippen molar-refractivity contribution in [1.82, 2.24) is 0 Å². The van der Waals surface area contributed by atoms with Crippen molar-refractivity contribution in [2.45, 2.75) is 412 Å². The summed E-state index contributed by atoms with van der Waals surface area (Å²) in [6.45, 7) is 6.72. The Kier molecular flexibility index (Phi) is 65.1. The van der Waals surface area contributed by atoms with Crippen molar-refractivity contribution in [3.8, 4) is 0 Å². The van der Waals surface area contributed by atoms with Crippen molar-refractivity contribution in [2.75, 3.05) is 13.2 Å². The number of rotatable bonds is 66. The van der Waals surface area contributed by atoms with Gasteiger partial charge in [0.05, 0.1) is 0 Å². The number of carbonyl (C=O) groups excluding carboxylic acids is 3. The fourth-order valence-corrected chi connectivity index (χ4v) is 11.0. The van der Waals surface area contributed by atoms with Gasteiger partial charge in [0, 0.05) is 19.3 Å². The van der Waals surface area contributed by atoms with Gasteiger partial charge in [0.15, 0.2) is 6.10 Å². The molecule has 0 aromatic carbocycles. The zero-order valence-electron chi connectivity index (χ0n) is 52.5. The number of allylic oxidation sites excluding steroid dienone is 2. The maximum Gasteiger partial charge on any atom is 0.306 e. The lowest BCUT2D eigenvalue weighted by Gasteiger charge is -2.18. The van der Waals surface area contributed by atoms with Crippen LogP contribution in [-0.2, 0) is 28.6 Å². The van der Waals surface area contributed by atoms with E-state index in [2.05, 4.69) is 32.9 Å². The van der Waals surface area contributed by atoms with Gasteiger partial charge in [-0.15, -0.1) is 0 Å². The molecule has 0 aliphatic carbocycles. The Labute approximate surface area is 481 Å². The first-order valence-electron chi connectivity index (χ1n) is 35.2. The Hall–Kier alpha value is -1.85. The van der Waals surface area contributed by atoms with Crippen LogP contribution in [0.15, 0.2) is 12.2 Å². The lowest BCUT2D eigenvalue weighted by Crippen LogP contribution is -2.30. The van der Waals surface area contributed by atoms with Crippen molar-refractivity contribution in [1.29, 1.82) is 0 Å². The van der Waals surface area contributed by atoms with Crippen molar-refractivity contribution in [2.24, 2.45) is 0 Å². The van der Waals surface area contributed by atoms with Crippen molar-refractivity contribution in [3.63, 3.8) is 0 Å². The first-order valence-corrected chi connectivity index (χ1v) is 35.2. The molecule has 0 bridgehead atoms. The van der Waals surface area contributed by atoms with Crippen molar-refractivity contribution < 1.29 is 28.6 Å². The van der Waals surface area contributed by atoms with Crippen molar-refractivity contribution >= 4 is 17.9 Å². The molecule has 6 nitrogen and oxygen atoms in total. The maximum absolute atomic E-state index is 12.9. The smallest absolute Gasteiger partial charge is 0.306 e. The molecule has 77 heavy (non-hydrogen) atoms. The summed E-state index contributed by atoms with van der Waals surface area (Å²) in [7, 11) is 0. The molecule has 0 aliphatic rings. The standard InChI is InChI=1S/C71H136O6/c1-4-7-10-13-16-19-22-25-28-30-32-34-35-36-38-39-41-43-46-49-52-55-58-61-64-70(73)76-67-68(66-75-69(72)63-60-57-54-51-48-45-27-24-21-18-15-12-9-6-3)77-71(74)65-62-59-56-53-50-47-44-42-40-37-33-31-29-26-23-20-17-14-11-8-5-2/h24,27,68H,4-23,25-26,28-67H2,1-3H3/b27-24-. The first kappa shape index (κ1) is 75.2. The third-order valence-corrected chi connectivity index (χ3v) is 16.3. The Morgan fingerprint density at radius 2 is 0.429 bits per heavy atom. The van der Waals surface area contributed by atoms with Gasteiger partial charge in [-0.05, 0) is 44.9 Å². The highest BCUT2D eigenvalue weighted by atomic mass is 16.6. The van der Waals surface area contributed by atoms with Gasteiger partial charge in [-0.2, -0.15) is 0 Å². The SMILES string of the molecule is CCCCCCC/C=C\CCCCCCCC(=O)OCC(COC(=O)CCCCCCCCCCCCCCCCCCCCCCCCCC)OC(=O)CCCCCCCCCCCCCCCCCCCCCCC. The molecule has 456 valence electrons. The topological polar surface area (TPSA) is 78.9 Å². The number of carbonyl (C=O) groups is 3. The third-order valence-electron chi connectivity index (χ3n) is 16.3. The molecule has 0 radical (unpaired) electrons. The summed E-state index contributed by atoms with van der Waals surface area (Å²) in [6, 6.07) is 0. The van der Waals surface area contributed by atoms with E-state index in [-0.39, 0.29) is 31.1 Å². The molecule has 0 aromatic heterocycles. The van der Waals surface area contributed by atoms with Gasteiger partial charge >= 0.3 is 17.9 Å². The van der Waals surface area contributed by atoms with E-state index < -0.39 is 6.10 Å². The Balaban J connectivity index is 4.23. The lowest BCUT2D eigenvalue weighted by molar-refractivity contribution is -0.167. The van der Waals surface area contributed by atoms with Gasteiger partial charge in [-0.1, -0.05) is 354 Å². The summed E-state index contributed by atoms with van der Waals surface area (Å²) in [4.78, 5) is 38.4. The van der Waals surface area contributed by atoms with Crippen LogP contribution < -0.4 is 0 Å². The quantitative estimate of drug-likeness (QED) is 0.0261. The second-order valence-electron chi connectivity index (χ2n) is 24.2. The minimum Gasteiger partial charge on any atom is -0.462 e. The van der Waals surface area contributed by atoms with E-state index in [0.29, 0.717) is 19.3 Å². The molecule has 0 aromatic rings. The van der Waals surface area contributed by atoms with Crippen LogP contribution in [0.25, 0.3) is 0 Å². The molecule has 1 unspecified atom stereocenters. The molecule has 1 atom stereocenters. The van der Waals surface area contributed by atoms with Gasteiger partial charge in [-0.3, -0.25) is 14.4 Å². The average molecular weight is 1090 g/mol. The van der Waals surface area contributed by atoms with Crippen LogP contribution in [-0.4, -0.2) is 37.2 Å². The van der Waals surface area contributed by atoms with E-state index in [1.54, 1.807) is 0 Å². The molecule has 0 saturated heterocycles. The molecule has 0 aliphatic heterocycles. The van der Waals surface area contributed by atoms with E-state index >= 15 is 0 Å². The molecule has 0 fully saturated rings. The zero-order chi connectivity index (χ0) is 55.7. The van der Waals surface area contributed by atoms with Crippen LogP contribution in [0.5, 0.6) is 0 Å². The molecular weight excluding hydrogens is 949 g/mol. The summed E-state index contributed by atoms with van der Waals surface area (Å²) in [5.74, 6) is -0.839. The van der Waals surface area contributed by atoms with Gasteiger partial charge < -0.3 is 14.2 Å². The number of ether oxygens (including phenoxy) is 3. The van der Waals surface area contributed by atoms with Crippen LogP contribution in [0, 0.1) is 0 Å². The fraction of sp³-hybridized carbons (Fsp3) is 0.930. The fourth-order valence-electron chi connectivity index (χ4n) is 11.0. The lowest BCUT2D eigenvalue weighted by atomic mass is 10.0. The number of unbranched alkanes of at least 4 members (excludes halogenated alkanes) is 53. The first-order chi connectivity index (χ1) is 38.0. The average Bonchev–Trinajstić information content (AvgIpc) is 3.43. The van der Waals surface area contributed by atoms with E-state index in [4.69, 9.17) is 14.2 Å². The normalized spacial score (nSPS) is 12.0. The van der Waals surface area contributed by atoms with Crippen molar-refractivity contribution in [3.05, 3.63) is 12.2 Å². The molecule has 0 saturated carbocycles. The van der Waals surface area contributed by atoms with Crippen LogP contribution in [0.4, 0.5) is 0 Å². The predicted molar refractivity (Wildman–Crippen MR) is 335 cm³/mol. The molecule has 0 N–H and O–H groups in total. The van der Waals surface area contributed by atoms with Crippen LogP contribution in [0.2, 0.25) is 0 Å². The highest BCUT2D eigenvalue weighted by molar-refractivity contribution is 5.71. The van der Waals surface area contributed by atoms with Gasteiger partial charge in [0.1, 0.15) is 13.2 Å². The number of esters is 3. The molecular formula is C71H136O6. The molecule has 0 amide bonds. The number of hydrogen-bond donors (Lipinski definition) is 0. The highest BCUT2D eigenvalue weighted by Crippen LogP contribution is 2.19. The monoisotopic (exact) mass is 1090 g/mol. The summed E-state index contributed by atoms with van der Waals surface area (Å²) in [5.41, 5.74) is 0. The number of hydrogen-bond acceptors (Lipinski definition) is 6. The Bertz CT molecular complexity index is 1200. The highest BCUT2D eigenvalue weighted by Gasteiger charge is 2.19. The largest absolute Gasteiger partial charge is 0.462 e. The minimum absolute atomic E-state index is 0.0656. The summed E-state index contributed by atoms with van der Waals surface area (Å²) < 4.78 is 17.0. The Morgan fingerprint density at radius 1 is 0.247 bits per heavy atom. The van der Waals surface area contributed by atoms with Crippen LogP contribution >= 0.6 is 0 Å². The van der Waals surface area contributed by atoms with Gasteiger partial charge in [0.25, 0.3) is 0 Å². The second kappa shape index (κ2) is 66.7. The van der Waals surface area contributed by atoms with Crippen LogP contribution in [0.3, 0.4) is 0 Å². The minimum atomic E-state index is -0.770. The predicted octanol–water partition coefficient (Wildman–Crippen LogP) is 24.0. The van der Waals surface area contributed by atoms with E-state index in [1.165, 1.54) is 302 Å². The molecule has 0 spiro atoms. The van der Waals surface area contributed by atoms with E-state index in [1.807, 2.05) is 0 Å². The zero-order valence-corrected chi connectivity index (χ0v) is 52.5. The third kappa shape index (κ3) is 64.9.